The van der Waals surface area contributed by atoms with E-state index in [2.05, 4.69) is 38.2 Å². The van der Waals surface area contributed by atoms with Gasteiger partial charge in [-0.15, -0.1) is 11.3 Å². The minimum Gasteiger partial charge on any atom is -0.384 e. The second kappa shape index (κ2) is 9.09. The first-order valence-electron chi connectivity index (χ1n) is 8.24. The molecule has 5 N–H and O–H groups in total. The Kier molecular flexibility index (Phi) is 6.54. The first-order chi connectivity index (χ1) is 13.9. The van der Waals surface area contributed by atoms with Gasteiger partial charge < -0.3 is 16.4 Å². The van der Waals surface area contributed by atoms with Crippen LogP contribution in [0.1, 0.15) is 31.2 Å². The molecule has 0 bridgehead atoms. The first kappa shape index (κ1) is 20.9. The van der Waals surface area contributed by atoms with E-state index in [9.17, 15) is 14.0 Å². The molecule has 3 rings (SSSR count). The third kappa shape index (κ3) is 4.95. The van der Waals surface area contributed by atoms with Crippen molar-refractivity contribution in [1.29, 1.82) is 5.41 Å². The average molecular weight is 523 g/mol. The molecule has 0 fully saturated rings. The number of rotatable bonds is 6. The van der Waals surface area contributed by atoms with Crippen LogP contribution in [-0.4, -0.2) is 22.6 Å². The fraction of sp³-hybridized carbons (Fsp3) is 0.0526. The third-order valence-electron chi connectivity index (χ3n) is 3.87. The highest BCUT2D eigenvalue weighted by atomic mass is 127. The van der Waals surface area contributed by atoms with E-state index < -0.39 is 17.6 Å². The third-order valence-corrected chi connectivity index (χ3v) is 5.66. The van der Waals surface area contributed by atoms with E-state index >= 15 is 0 Å². The van der Waals surface area contributed by atoms with Crippen LogP contribution in [0.2, 0.25) is 0 Å². The molecule has 148 valence electrons. The highest BCUT2D eigenvalue weighted by Crippen LogP contribution is 2.24. The number of amides is 2. The summed E-state index contributed by atoms with van der Waals surface area (Å²) in [6, 6.07) is 8.76. The van der Waals surface area contributed by atoms with Crippen molar-refractivity contribution >= 4 is 63.1 Å². The van der Waals surface area contributed by atoms with Gasteiger partial charge in [-0.25, -0.2) is 9.37 Å². The fourth-order valence-electron chi connectivity index (χ4n) is 2.39. The van der Waals surface area contributed by atoms with Crippen LogP contribution in [0.4, 0.5) is 15.9 Å². The Morgan fingerprint density at radius 3 is 2.59 bits per heavy atom. The van der Waals surface area contributed by atoms with E-state index in [4.69, 9.17) is 11.1 Å². The van der Waals surface area contributed by atoms with Crippen LogP contribution >= 0.6 is 33.9 Å². The van der Waals surface area contributed by atoms with Crippen molar-refractivity contribution in [3.8, 4) is 0 Å². The second-order valence-corrected chi connectivity index (χ2v) is 7.54. The van der Waals surface area contributed by atoms with E-state index in [0.717, 1.165) is 27.4 Å². The number of aromatic nitrogens is 1. The lowest BCUT2D eigenvalue weighted by Crippen LogP contribution is -2.18. The van der Waals surface area contributed by atoms with Gasteiger partial charge in [-0.2, -0.15) is 0 Å². The number of carbonyl (C=O) groups is 2. The van der Waals surface area contributed by atoms with Gasteiger partial charge in [0, 0.05) is 16.2 Å². The lowest BCUT2D eigenvalue weighted by atomic mass is 10.1. The van der Waals surface area contributed by atoms with Crippen LogP contribution < -0.4 is 16.4 Å². The number of nitrogens with zero attached hydrogens (tertiary/aromatic N) is 1. The standard InChI is InChI=1S/C19H15FIN5O2S/c20-13-7-11(17(22)23)2-3-12(13)18(27)25-14-5-6-29-16(14)19(28)26-15-4-1-10(8-21)9-24-15/h1-7,9H,8H2,(H3,22,23)(H,25,27)(H,24,26,28). The monoisotopic (exact) mass is 523 g/mol. The molecule has 0 unspecified atom stereocenters. The summed E-state index contributed by atoms with van der Waals surface area (Å²) in [5.41, 5.74) is 6.57. The zero-order valence-electron chi connectivity index (χ0n) is 14.8. The van der Waals surface area contributed by atoms with Crippen molar-refractivity contribution in [3.05, 3.63) is 75.4 Å². The number of hydrogen-bond acceptors (Lipinski definition) is 5. The number of nitrogens with two attached hydrogens (primary N) is 1. The number of benzene rings is 1. The number of hydrogen-bond donors (Lipinski definition) is 4. The van der Waals surface area contributed by atoms with Gasteiger partial charge in [0.2, 0.25) is 0 Å². The molecule has 0 saturated carbocycles. The molecule has 0 spiro atoms. The molecule has 7 nitrogen and oxygen atoms in total. The van der Waals surface area contributed by atoms with Crippen LogP contribution in [0.5, 0.6) is 0 Å². The van der Waals surface area contributed by atoms with Gasteiger partial charge in [0.1, 0.15) is 22.3 Å². The lowest BCUT2D eigenvalue weighted by molar-refractivity contribution is 0.102. The summed E-state index contributed by atoms with van der Waals surface area (Å²) in [5, 5.41) is 14.2. The molecule has 2 aromatic heterocycles. The summed E-state index contributed by atoms with van der Waals surface area (Å²) in [7, 11) is 0. The van der Waals surface area contributed by atoms with Gasteiger partial charge >= 0.3 is 0 Å². The van der Waals surface area contributed by atoms with Gasteiger partial charge in [-0.3, -0.25) is 15.0 Å². The van der Waals surface area contributed by atoms with Gasteiger partial charge in [0.05, 0.1) is 11.3 Å². The summed E-state index contributed by atoms with van der Waals surface area (Å²) in [5.74, 6) is -1.86. The molecule has 10 heteroatoms. The molecular formula is C19H15FIN5O2S. The molecule has 0 atom stereocenters. The Labute approximate surface area is 183 Å². The zero-order chi connectivity index (χ0) is 21.0. The van der Waals surface area contributed by atoms with Crippen molar-refractivity contribution in [2.24, 2.45) is 5.73 Å². The average Bonchev–Trinajstić information content (AvgIpc) is 3.16. The topological polar surface area (TPSA) is 121 Å². The quantitative estimate of drug-likeness (QED) is 0.169. The molecule has 0 radical (unpaired) electrons. The Bertz CT molecular complexity index is 1080. The number of halogens is 2. The Balaban J connectivity index is 1.74. The first-order valence-corrected chi connectivity index (χ1v) is 10.6. The summed E-state index contributed by atoms with van der Waals surface area (Å²) in [6.07, 6.45) is 1.67. The number of thiophene rings is 1. The largest absolute Gasteiger partial charge is 0.384 e. The maximum Gasteiger partial charge on any atom is 0.269 e. The Hall–Kier alpha value is -2.86. The minimum atomic E-state index is -0.809. The highest BCUT2D eigenvalue weighted by Gasteiger charge is 2.19. The van der Waals surface area contributed by atoms with E-state index in [0.29, 0.717) is 5.82 Å². The zero-order valence-corrected chi connectivity index (χ0v) is 17.8. The molecule has 3 aromatic rings. The number of nitrogens with one attached hydrogen (secondary N) is 3. The van der Waals surface area contributed by atoms with Crippen LogP contribution in [0.15, 0.2) is 48.0 Å². The van der Waals surface area contributed by atoms with E-state index in [-0.39, 0.29) is 27.5 Å². The van der Waals surface area contributed by atoms with Crippen LogP contribution in [-0.2, 0) is 4.43 Å². The maximum atomic E-state index is 14.2. The van der Waals surface area contributed by atoms with Crippen molar-refractivity contribution in [1.82, 2.24) is 4.98 Å². The van der Waals surface area contributed by atoms with Crippen molar-refractivity contribution < 1.29 is 14.0 Å². The fourth-order valence-corrected chi connectivity index (χ4v) is 3.59. The predicted molar refractivity (Wildman–Crippen MR) is 120 cm³/mol. The van der Waals surface area contributed by atoms with Crippen LogP contribution in [0.25, 0.3) is 0 Å². The van der Waals surface area contributed by atoms with Gasteiger partial charge in [-0.05, 0) is 35.2 Å². The molecule has 0 aliphatic heterocycles. The maximum absolute atomic E-state index is 14.2. The number of carbonyl (C=O) groups excluding carboxylic acids is 2. The Morgan fingerprint density at radius 1 is 1.17 bits per heavy atom. The van der Waals surface area contributed by atoms with Gasteiger partial charge in [0.25, 0.3) is 11.8 Å². The minimum absolute atomic E-state index is 0.177. The highest BCUT2D eigenvalue weighted by molar-refractivity contribution is 14.1. The van der Waals surface area contributed by atoms with Gasteiger partial charge in [-0.1, -0.05) is 34.7 Å². The SMILES string of the molecule is N=C(N)c1ccc(C(=O)Nc2ccsc2C(=O)Nc2ccc(CI)cn2)c(F)c1. The molecule has 2 amide bonds. The number of anilines is 2. The second-order valence-electron chi connectivity index (χ2n) is 5.87. The summed E-state index contributed by atoms with van der Waals surface area (Å²) in [6.45, 7) is 0. The van der Waals surface area contributed by atoms with E-state index in [1.807, 2.05) is 6.07 Å². The molecule has 0 aliphatic carbocycles. The number of pyridine rings is 1. The molecule has 29 heavy (non-hydrogen) atoms. The molecule has 2 heterocycles. The molecule has 0 saturated heterocycles. The smallest absolute Gasteiger partial charge is 0.269 e. The van der Waals surface area contributed by atoms with Crippen LogP contribution in [0, 0.1) is 11.2 Å². The van der Waals surface area contributed by atoms with Gasteiger partial charge in [0.15, 0.2) is 0 Å². The summed E-state index contributed by atoms with van der Waals surface area (Å²) >= 11 is 3.36. The number of alkyl halides is 1. The number of amidine groups is 1. The lowest BCUT2D eigenvalue weighted by Gasteiger charge is -2.09. The number of nitrogen functional groups attached to an aromatic ring is 1. The van der Waals surface area contributed by atoms with E-state index in [1.54, 1.807) is 23.7 Å². The predicted octanol–water partition coefficient (Wildman–Crippen LogP) is 4.01. The van der Waals surface area contributed by atoms with Crippen molar-refractivity contribution in [3.63, 3.8) is 0 Å². The van der Waals surface area contributed by atoms with Crippen molar-refractivity contribution in [2.45, 2.75) is 4.43 Å². The summed E-state index contributed by atoms with van der Waals surface area (Å²) < 4.78 is 15.0. The van der Waals surface area contributed by atoms with Crippen molar-refractivity contribution in [2.75, 3.05) is 10.6 Å². The normalized spacial score (nSPS) is 10.4. The molecule has 0 aliphatic rings. The Morgan fingerprint density at radius 2 is 1.97 bits per heavy atom. The summed E-state index contributed by atoms with van der Waals surface area (Å²) in [4.78, 5) is 29.4. The molecular weight excluding hydrogens is 508 g/mol. The van der Waals surface area contributed by atoms with E-state index in [1.165, 1.54) is 12.1 Å². The van der Waals surface area contributed by atoms with Crippen LogP contribution in [0.3, 0.4) is 0 Å². The molecule has 1 aromatic carbocycles.